The molecule has 2 amide bonds. The van der Waals surface area contributed by atoms with Crippen LogP contribution in [0.4, 0.5) is 0 Å². The highest BCUT2D eigenvalue weighted by Crippen LogP contribution is 2.19. The van der Waals surface area contributed by atoms with Crippen LogP contribution in [0.3, 0.4) is 0 Å². The first-order valence-electron chi connectivity index (χ1n) is 11.0. The zero-order chi connectivity index (χ0) is 22.1. The van der Waals surface area contributed by atoms with Gasteiger partial charge in [0, 0.05) is 12.6 Å². The first-order chi connectivity index (χ1) is 15.1. The van der Waals surface area contributed by atoms with Crippen molar-refractivity contribution in [3.8, 4) is 11.5 Å². The fourth-order valence-electron chi connectivity index (χ4n) is 3.86. The summed E-state index contributed by atoms with van der Waals surface area (Å²) in [7, 11) is 1.60. The highest BCUT2D eigenvalue weighted by atomic mass is 16.5. The van der Waals surface area contributed by atoms with Gasteiger partial charge in [-0.2, -0.15) is 0 Å². The fourth-order valence-corrected chi connectivity index (χ4v) is 3.86. The van der Waals surface area contributed by atoms with E-state index in [1.807, 2.05) is 30.3 Å². The van der Waals surface area contributed by atoms with Gasteiger partial charge in [-0.3, -0.25) is 9.59 Å². The summed E-state index contributed by atoms with van der Waals surface area (Å²) in [5.41, 5.74) is 1.12. The van der Waals surface area contributed by atoms with Crippen molar-refractivity contribution in [3.05, 3.63) is 60.2 Å². The van der Waals surface area contributed by atoms with Crippen LogP contribution in [-0.2, 0) is 16.0 Å². The van der Waals surface area contributed by atoms with Crippen LogP contribution in [0.2, 0.25) is 0 Å². The van der Waals surface area contributed by atoms with E-state index < -0.39 is 6.04 Å². The second-order valence-electron chi connectivity index (χ2n) is 7.95. The lowest BCUT2D eigenvalue weighted by atomic mass is 10.1. The summed E-state index contributed by atoms with van der Waals surface area (Å²) < 4.78 is 10.8. The summed E-state index contributed by atoms with van der Waals surface area (Å²) in [6, 6.07) is 16.7. The normalized spacial score (nSPS) is 14.6. The van der Waals surface area contributed by atoms with E-state index in [-0.39, 0.29) is 24.5 Å². The molecule has 2 aromatic carbocycles. The number of ether oxygens (including phenoxy) is 2. The molecule has 0 saturated heterocycles. The average molecular weight is 425 g/mol. The molecule has 0 bridgehead atoms. The van der Waals surface area contributed by atoms with Crippen molar-refractivity contribution >= 4 is 11.8 Å². The summed E-state index contributed by atoms with van der Waals surface area (Å²) >= 11 is 0. The molecule has 1 N–H and O–H groups in total. The molecule has 1 aliphatic rings. The maximum atomic E-state index is 13.0. The van der Waals surface area contributed by atoms with Crippen LogP contribution in [0.25, 0.3) is 0 Å². The van der Waals surface area contributed by atoms with E-state index in [1.54, 1.807) is 43.2 Å². The van der Waals surface area contributed by atoms with Crippen molar-refractivity contribution in [2.24, 2.45) is 0 Å². The Hall–Kier alpha value is -3.02. The summed E-state index contributed by atoms with van der Waals surface area (Å²) in [6.45, 7) is 2.12. The van der Waals surface area contributed by atoms with Crippen LogP contribution in [-0.4, -0.2) is 49.1 Å². The van der Waals surface area contributed by atoms with E-state index in [2.05, 4.69) is 5.32 Å². The van der Waals surface area contributed by atoms with Gasteiger partial charge in [0.2, 0.25) is 5.91 Å². The van der Waals surface area contributed by atoms with Crippen LogP contribution in [0, 0.1) is 0 Å². The molecule has 1 atom stereocenters. The van der Waals surface area contributed by atoms with Gasteiger partial charge in [-0.1, -0.05) is 43.2 Å². The number of hydrogen-bond donors (Lipinski definition) is 1. The van der Waals surface area contributed by atoms with Gasteiger partial charge in [-0.15, -0.1) is 0 Å². The smallest absolute Gasteiger partial charge is 0.261 e. The lowest BCUT2D eigenvalue weighted by Gasteiger charge is -2.29. The standard InChI is InChI=1S/C25H32N2O4/c1-19(25(29)26-21-10-6-7-11-21)27(17-16-20-8-4-3-5-9-20)24(28)18-31-23-14-12-22(30-2)13-15-23/h3-5,8-9,12-15,19,21H,6-7,10-11,16-18H2,1-2H3,(H,26,29)/t19-/m0/s1. The molecule has 0 radical (unpaired) electrons. The lowest BCUT2D eigenvalue weighted by molar-refractivity contribution is -0.141. The van der Waals surface area contributed by atoms with Crippen molar-refractivity contribution in [2.75, 3.05) is 20.3 Å². The summed E-state index contributed by atoms with van der Waals surface area (Å²) in [6.07, 6.45) is 4.99. The first kappa shape index (κ1) is 22.7. The Balaban J connectivity index is 1.63. The second-order valence-corrected chi connectivity index (χ2v) is 7.95. The van der Waals surface area contributed by atoms with E-state index >= 15 is 0 Å². The Morgan fingerprint density at radius 3 is 2.32 bits per heavy atom. The SMILES string of the molecule is COc1ccc(OCC(=O)N(CCc2ccccc2)[C@@H](C)C(=O)NC2CCCC2)cc1. The number of methoxy groups -OCH3 is 1. The topological polar surface area (TPSA) is 67.9 Å². The minimum atomic E-state index is -0.559. The largest absolute Gasteiger partial charge is 0.497 e. The van der Waals surface area contributed by atoms with Crippen LogP contribution in [0.1, 0.15) is 38.2 Å². The summed E-state index contributed by atoms with van der Waals surface area (Å²) in [5.74, 6) is 0.999. The van der Waals surface area contributed by atoms with E-state index in [0.717, 1.165) is 37.0 Å². The van der Waals surface area contributed by atoms with E-state index in [4.69, 9.17) is 9.47 Å². The number of benzene rings is 2. The highest BCUT2D eigenvalue weighted by molar-refractivity contribution is 5.88. The van der Waals surface area contributed by atoms with Gasteiger partial charge in [0.15, 0.2) is 6.61 Å². The number of nitrogens with zero attached hydrogens (tertiary/aromatic N) is 1. The minimum absolute atomic E-state index is 0.0993. The monoisotopic (exact) mass is 424 g/mol. The number of hydrogen-bond acceptors (Lipinski definition) is 4. The molecule has 3 rings (SSSR count). The molecule has 0 aromatic heterocycles. The van der Waals surface area contributed by atoms with Gasteiger partial charge in [0.05, 0.1) is 7.11 Å². The van der Waals surface area contributed by atoms with Crippen LogP contribution >= 0.6 is 0 Å². The van der Waals surface area contributed by atoms with Gasteiger partial charge < -0.3 is 19.7 Å². The summed E-state index contributed by atoms with van der Waals surface area (Å²) in [5, 5.41) is 3.11. The Bertz CT molecular complexity index is 832. The average Bonchev–Trinajstić information content (AvgIpc) is 3.31. The number of nitrogens with one attached hydrogen (secondary N) is 1. The van der Waals surface area contributed by atoms with Crippen LogP contribution in [0.5, 0.6) is 11.5 Å². The zero-order valence-electron chi connectivity index (χ0n) is 18.4. The number of rotatable bonds is 10. The molecule has 1 fully saturated rings. The number of amides is 2. The van der Waals surface area contributed by atoms with E-state index in [9.17, 15) is 9.59 Å². The van der Waals surface area contributed by atoms with E-state index in [1.165, 1.54) is 0 Å². The van der Waals surface area contributed by atoms with Crippen LogP contribution < -0.4 is 14.8 Å². The Morgan fingerprint density at radius 2 is 1.68 bits per heavy atom. The molecular formula is C25H32N2O4. The Morgan fingerprint density at radius 1 is 1.03 bits per heavy atom. The van der Waals surface area contributed by atoms with Gasteiger partial charge >= 0.3 is 0 Å². The predicted molar refractivity (Wildman–Crippen MR) is 120 cm³/mol. The molecule has 0 unspecified atom stereocenters. The van der Waals surface area contributed by atoms with Crippen molar-refractivity contribution in [1.29, 1.82) is 0 Å². The fraction of sp³-hybridized carbons (Fsp3) is 0.440. The van der Waals surface area contributed by atoms with Crippen molar-refractivity contribution in [3.63, 3.8) is 0 Å². The summed E-state index contributed by atoms with van der Waals surface area (Å²) in [4.78, 5) is 27.5. The van der Waals surface area contributed by atoms with Crippen LogP contribution in [0.15, 0.2) is 54.6 Å². The van der Waals surface area contributed by atoms with Gasteiger partial charge in [0.25, 0.3) is 5.91 Å². The zero-order valence-corrected chi connectivity index (χ0v) is 18.4. The molecule has 1 aliphatic carbocycles. The predicted octanol–water partition coefficient (Wildman–Crippen LogP) is 3.59. The molecule has 6 heteroatoms. The van der Waals surface area contributed by atoms with E-state index in [0.29, 0.717) is 18.7 Å². The number of carbonyl (C=O) groups is 2. The molecular weight excluding hydrogens is 392 g/mol. The molecule has 166 valence electrons. The molecule has 2 aromatic rings. The van der Waals surface area contributed by atoms with Gasteiger partial charge in [-0.05, 0) is 56.0 Å². The van der Waals surface area contributed by atoms with Gasteiger partial charge in [0.1, 0.15) is 17.5 Å². The second kappa shape index (κ2) is 11.4. The molecule has 6 nitrogen and oxygen atoms in total. The van der Waals surface area contributed by atoms with Gasteiger partial charge in [-0.25, -0.2) is 0 Å². The molecule has 1 saturated carbocycles. The maximum Gasteiger partial charge on any atom is 0.261 e. The third-order valence-electron chi connectivity index (χ3n) is 5.77. The van der Waals surface area contributed by atoms with Crippen molar-refractivity contribution in [1.82, 2.24) is 10.2 Å². The number of carbonyl (C=O) groups excluding carboxylic acids is 2. The third-order valence-corrected chi connectivity index (χ3v) is 5.77. The first-order valence-corrected chi connectivity index (χ1v) is 11.0. The lowest BCUT2D eigenvalue weighted by Crippen LogP contribution is -2.51. The Labute approximate surface area is 184 Å². The molecule has 0 aliphatic heterocycles. The Kier molecular flexibility index (Phi) is 8.33. The maximum absolute atomic E-state index is 13.0. The quantitative estimate of drug-likeness (QED) is 0.633. The molecule has 0 spiro atoms. The van der Waals surface area contributed by atoms with Crippen molar-refractivity contribution < 1.29 is 19.1 Å². The molecule has 31 heavy (non-hydrogen) atoms. The third kappa shape index (κ3) is 6.74. The van der Waals surface area contributed by atoms with Crippen molar-refractivity contribution in [2.45, 2.75) is 51.1 Å². The molecule has 0 heterocycles. The highest BCUT2D eigenvalue weighted by Gasteiger charge is 2.28. The minimum Gasteiger partial charge on any atom is -0.497 e.